The lowest BCUT2D eigenvalue weighted by Crippen LogP contribution is -2.62. The Morgan fingerprint density at radius 1 is 0.569 bits per heavy atom. The van der Waals surface area contributed by atoms with E-state index < -0.39 is 114 Å². The normalized spacial score (nSPS) is 26.2. The largest absolute Gasteiger partial charge is 0.391 e. The molecule has 5 N–H and O–H groups in total. The van der Waals surface area contributed by atoms with E-state index in [2.05, 4.69) is 21.3 Å². The first-order valence-corrected chi connectivity index (χ1v) is 25.2. The second kappa shape index (κ2) is 26.9. The fourth-order valence-corrected chi connectivity index (χ4v) is 9.17. The Labute approximate surface area is 425 Å². The highest BCUT2D eigenvalue weighted by Crippen LogP contribution is 2.20. The molecule has 4 rings (SSSR count). The van der Waals surface area contributed by atoms with Crippen molar-refractivity contribution in [2.75, 3.05) is 41.3 Å². The predicted molar refractivity (Wildman–Crippen MR) is 271 cm³/mol. The van der Waals surface area contributed by atoms with Crippen LogP contribution in [0.25, 0.3) is 0 Å². The number of likely N-dealkylation sites (N-methyl/N-ethyl adjacent to an activating group) is 4. The summed E-state index contributed by atoms with van der Waals surface area (Å²) in [5.74, 6) is -6.54. The first kappa shape index (κ1) is 58.2. The molecule has 0 spiro atoms. The monoisotopic (exact) mass is 1000 g/mol. The predicted octanol–water partition coefficient (Wildman–Crippen LogP) is 1.65. The molecule has 0 bridgehead atoms. The van der Waals surface area contributed by atoms with Gasteiger partial charge in [-0.15, -0.1) is 0 Å². The van der Waals surface area contributed by atoms with E-state index in [0.717, 1.165) is 24.2 Å². The Bertz CT molecular complexity index is 2200. The number of aliphatic hydroxyl groups is 1. The molecule has 19 heteroatoms. The molecule has 0 unspecified atom stereocenters. The van der Waals surface area contributed by atoms with Crippen LogP contribution in [0.5, 0.6) is 0 Å². The number of rotatable bonds is 10. The maximum atomic E-state index is 14.8. The third-order valence-electron chi connectivity index (χ3n) is 13.7. The van der Waals surface area contributed by atoms with Gasteiger partial charge in [-0.05, 0) is 75.8 Å². The number of piperidine rings is 1. The molecule has 0 aromatic heterocycles. The fraction of sp³-hybridized carbons (Fsp3) is 0.604. The summed E-state index contributed by atoms with van der Waals surface area (Å²) in [4.78, 5) is 136. The topological polar surface area (TPSA) is 238 Å². The molecular weight excluding hydrogens is 923 g/mol. The molecule has 19 nitrogen and oxygen atoms in total. The van der Waals surface area contributed by atoms with E-state index in [1.807, 2.05) is 27.7 Å². The quantitative estimate of drug-likeness (QED) is 0.231. The summed E-state index contributed by atoms with van der Waals surface area (Å²) in [7, 11) is 5.65. The van der Waals surface area contributed by atoms with Gasteiger partial charge in [0.05, 0.1) is 12.5 Å². The van der Waals surface area contributed by atoms with Gasteiger partial charge in [-0.3, -0.25) is 43.2 Å². The van der Waals surface area contributed by atoms with Gasteiger partial charge in [0.1, 0.15) is 48.3 Å². The summed E-state index contributed by atoms with van der Waals surface area (Å²) < 4.78 is 0. The van der Waals surface area contributed by atoms with Gasteiger partial charge in [-0.1, -0.05) is 88.4 Å². The number of hydrogen-bond acceptors (Lipinski definition) is 10. The van der Waals surface area contributed by atoms with Gasteiger partial charge in [0.15, 0.2) is 0 Å². The van der Waals surface area contributed by atoms with E-state index in [4.69, 9.17) is 0 Å². The Kier molecular flexibility index (Phi) is 21.7. The molecule has 2 aliphatic heterocycles. The molecule has 9 amide bonds. The van der Waals surface area contributed by atoms with Crippen LogP contribution >= 0.6 is 0 Å². The van der Waals surface area contributed by atoms with Crippen molar-refractivity contribution in [3.8, 4) is 0 Å². The summed E-state index contributed by atoms with van der Waals surface area (Å²) in [5, 5.41) is 21.8. The number of amides is 9. The van der Waals surface area contributed by atoms with E-state index in [9.17, 15) is 48.3 Å². The van der Waals surface area contributed by atoms with Crippen LogP contribution in [0.15, 0.2) is 60.7 Å². The zero-order valence-electron chi connectivity index (χ0n) is 44.1. The molecule has 72 heavy (non-hydrogen) atoms. The average Bonchev–Trinajstić information content (AvgIpc) is 3.35. The first-order valence-electron chi connectivity index (χ1n) is 25.2. The number of nitrogens with one attached hydrogen (secondary N) is 4. The van der Waals surface area contributed by atoms with E-state index in [-0.39, 0.29) is 37.5 Å². The zero-order valence-corrected chi connectivity index (χ0v) is 44.1. The molecule has 0 radical (unpaired) electrons. The lowest BCUT2D eigenvalue weighted by Gasteiger charge is -2.36. The summed E-state index contributed by atoms with van der Waals surface area (Å²) in [6, 6.07) is 7.41. The number of nitrogens with zero attached hydrogens (tertiary/aromatic N) is 5. The van der Waals surface area contributed by atoms with Gasteiger partial charge in [0, 0.05) is 54.1 Å². The van der Waals surface area contributed by atoms with Gasteiger partial charge >= 0.3 is 0 Å². The maximum absolute atomic E-state index is 14.8. The summed E-state index contributed by atoms with van der Waals surface area (Å²) in [6.07, 6.45) is 0.557. The molecule has 0 aliphatic carbocycles. The lowest BCUT2D eigenvalue weighted by atomic mass is 9.97. The molecule has 9 atom stereocenters. The van der Waals surface area contributed by atoms with Crippen molar-refractivity contribution in [2.24, 2.45) is 11.8 Å². The Balaban J connectivity index is 1.86. The highest BCUT2D eigenvalue weighted by Gasteiger charge is 2.41. The third-order valence-corrected chi connectivity index (χ3v) is 13.7. The minimum Gasteiger partial charge on any atom is -0.391 e. The van der Waals surface area contributed by atoms with Gasteiger partial charge < -0.3 is 50.9 Å². The van der Waals surface area contributed by atoms with E-state index in [1.54, 1.807) is 65.6 Å². The summed E-state index contributed by atoms with van der Waals surface area (Å²) in [5.41, 5.74) is 1.35. The minimum atomic E-state index is -1.61. The molecule has 2 heterocycles. The number of carbonyl (C=O) groups is 9. The summed E-state index contributed by atoms with van der Waals surface area (Å²) in [6.45, 7) is 12.4. The summed E-state index contributed by atoms with van der Waals surface area (Å²) >= 11 is 0. The van der Waals surface area contributed by atoms with Crippen molar-refractivity contribution in [2.45, 2.75) is 154 Å². The van der Waals surface area contributed by atoms with Gasteiger partial charge in [0.25, 0.3) is 0 Å². The number of aliphatic hydroxyl groups excluding tert-OH is 1. The Morgan fingerprint density at radius 3 is 1.56 bits per heavy atom. The van der Waals surface area contributed by atoms with Crippen LogP contribution in [0.4, 0.5) is 0 Å². The van der Waals surface area contributed by atoms with Crippen LogP contribution in [0.2, 0.25) is 0 Å². The molecule has 0 saturated carbocycles. The van der Waals surface area contributed by atoms with Crippen LogP contribution in [0.1, 0.15) is 98.1 Å². The van der Waals surface area contributed by atoms with Crippen molar-refractivity contribution in [3.05, 3.63) is 71.8 Å². The highest BCUT2D eigenvalue weighted by atomic mass is 16.3. The minimum absolute atomic E-state index is 0.00456. The van der Waals surface area contributed by atoms with Crippen molar-refractivity contribution in [3.63, 3.8) is 0 Å². The Hall–Kier alpha value is -6.37. The molecule has 2 aromatic rings. The van der Waals surface area contributed by atoms with E-state index in [1.165, 1.54) is 63.7 Å². The van der Waals surface area contributed by atoms with Crippen molar-refractivity contribution in [1.29, 1.82) is 0 Å². The smallest absolute Gasteiger partial charge is 0.245 e. The maximum Gasteiger partial charge on any atom is 0.245 e. The standard InChI is InChI=1S/C53H79N9O10/c1-32(2)27-41-46(65)55-39(29-37-21-15-12-16-22-37)52(71)61(11)42(28-33(3)4)48(67)57-45(36(7)63)49(68)54-34(5)50(69)59(9)43(30-38-23-17-13-18-24-38)47(66)56-40(53(72)62-25-19-14-20-26-62)31-44(64)58(8)35(6)51(70)60(41)10/h12-13,15-18,21-24,32-36,39-43,45,63H,14,19-20,25-31H2,1-11H3,(H,54,68)(H,55,65)(H,56,66)(H,57,67)/t34-,35-,36+,39-,40-,41-,42-,43-,45-/m0/s1. The van der Waals surface area contributed by atoms with Gasteiger partial charge in [0.2, 0.25) is 53.2 Å². The van der Waals surface area contributed by atoms with E-state index >= 15 is 0 Å². The van der Waals surface area contributed by atoms with Gasteiger partial charge in [-0.25, -0.2) is 0 Å². The van der Waals surface area contributed by atoms with Gasteiger partial charge in [-0.2, -0.15) is 0 Å². The first-order chi connectivity index (χ1) is 33.9. The number of hydrogen-bond donors (Lipinski definition) is 5. The Morgan fingerprint density at radius 2 is 1.04 bits per heavy atom. The van der Waals surface area contributed by atoms with Crippen LogP contribution < -0.4 is 21.3 Å². The van der Waals surface area contributed by atoms with Crippen molar-refractivity contribution < 1.29 is 48.3 Å². The SMILES string of the molecule is CC(C)C[C@H]1C(=O)N[C@@H]([C@@H](C)O)C(=O)N[C@@H](C)C(=O)N(C)[C@@H](Cc2ccccc2)C(=O)N[C@H](C(=O)N2CCCCC2)CC(=O)N(C)[C@@H](C)C(=O)N(C)[C@@H](CC(C)C)C(=O)N[C@@H](Cc2ccccc2)C(=O)N1C. The number of benzene rings is 2. The van der Waals surface area contributed by atoms with Crippen LogP contribution in [-0.4, -0.2) is 178 Å². The number of likely N-dealkylation sites (tertiary alicyclic amines) is 1. The lowest BCUT2D eigenvalue weighted by molar-refractivity contribution is -0.149. The molecular formula is C53H79N9O10. The second-order valence-electron chi connectivity index (χ2n) is 20.4. The van der Waals surface area contributed by atoms with Crippen LogP contribution in [0, 0.1) is 11.8 Å². The molecule has 2 aliphatic rings. The molecule has 2 saturated heterocycles. The van der Waals surface area contributed by atoms with Crippen LogP contribution in [0.3, 0.4) is 0 Å². The second-order valence-corrected chi connectivity index (χ2v) is 20.4. The van der Waals surface area contributed by atoms with Crippen molar-refractivity contribution in [1.82, 2.24) is 45.8 Å². The average molecular weight is 1000 g/mol. The van der Waals surface area contributed by atoms with Crippen LogP contribution in [-0.2, 0) is 56.0 Å². The molecule has 2 aromatic carbocycles. The number of carbonyl (C=O) groups excluding carboxylic acids is 9. The third kappa shape index (κ3) is 15.8. The zero-order chi connectivity index (χ0) is 53.6. The molecule has 2 fully saturated rings. The van der Waals surface area contributed by atoms with Crippen molar-refractivity contribution >= 4 is 53.2 Å². The molecule has 396 valence electrons. The fourth-order valence-electron chi connectivity index (χ4n) is 9.17. The van der Waals surface area contributed by atoms with E-state index in [0.29, 0.717) is 24.2 Å². The highest BCUT2D eigenvalue weighted by molar-refractivity contribution is 5.99.